The third-order valence-electron chi connectivity index (χ3n) is 4.27. The Morgan fingerprint density at radius 3 is 2.95 bits per heavy atom. The Kier molecular flexibility index (Phi) is 3.27. The van der Waals surface area contributed by atoms with Gasteiger partial charge in [-0.05, 0) is 49.9 Å². The third-order valence-corrected chi connectivity index (χ3v) is 4.27. The standard InChI is InChI=1S/C15H21NO3/c1-3-15(5-4-6-16-15)9-11-7-12(17-2)14-13(8-11)18-10-19-14/h7-8,16H,3-6,9-10H2,1-2H3. The lowest BCUT2D eigenvalue weighted by Crippen LogP contribution is -2.41. The van der Waals surface area contributed by atoms with E-state index in [2.05, 4.69) is 24.4 Å². The molecule has 4 heteroatoms. The van der Waals surface area contributed by atoms with Crippen molar-refractivity contribution in [3.05, 3.63) is 17.7 Å². The lowest BCUT2D eigenvalue weighted by molar-refractivity contribution is 0.171. The molecule has 4 nitrogen and oxygen atoms in total. The van der Waals surface area contributed by atoms with Gasteiger partial charge >= 0.3 is 0 Å². The van der Waals surface area contributed by atoms with Crippen LogP contribution in [0.2, 0.25) is 0 Å². The highest BCUT2D eigenvalue weighted by Gasteiger charge is 2.32. The van der Waals surface area contributed by atoms with Crippen molar-refractivity contribution in [2.45, 2.75) is 38.1 Å². The fourth-order valence-electron chi connectivity index (χ4n) is 3.12. The van der Waals surface area contributed by atoms with Gasteiger partial charge in [-0.25, -0.2) is 0 Å². The number of nitrogens with one attached hydrogen (secondary N) is 1. The van der Waals surface area contributed by atoms with Crippen molar-refractivity contribution < 1.29 is 14.2 Å². The Bertz CT molecular complexity index is 467. The van der Waals surface area contributed by atoms with Gasteiger partial charge in [-0.15, -0.1) is 0 Å². The Morgan fingerprint density at radius 1 is 1.37 bits per heavy atom. The molecule has 19 heavy (non-hydrogen) atoms. The molecule has 1 fully saturated rings. The predicted molar refractivity (Wildman–Crippen MR) is 73.1 cm³/mol. The van der Waals surface area contributed by atoms with Crippen molar-refractivity contribution in [1.82, 2.24) is 5.32 Å². The van der Waals surface area contributed by atoms with Gasteiger partial charge in [-0.1, -0.05) is 6.92 Å². The van der Waals surface area contributed by atoms with E-state index in [1.807, 2.05) is 0 Å². The van der Waals surface area contributed by atoms with Gasteiger partial charge in [0.1, 0.15) is 0 Å². The highest BCUT2D eigenvalue weighted by Crippen LogP contribution is 2.43. The van der Waals surface area contributed by atoms with E-state index in [-0.39, 0.29) is 12.3 Å². The van der Waals surface area contributed by atoms with Crippen molar-refractivity contribution in [2.24, 2.45) is 0 Å². The van der Waals surface area contributed by atoms with Gasteiger partial charge in [-0.3, -0.25) is 0 Å². The maximum atomic E-state index is 5.49. The maximum absolute atomic E-state index is 5.49. The number of benzene rings is 1. The summed E-state index contributed by atoms with van der Waals surface area (Å²) in [5, 5.41) is 3.66. The van der Waals surface area contributed by atoms with Crippen molar-refractivity contribution in [1.29, 1.82) is 0 Å². The van der Waals surface area contributed by atoms with Crippen molar-refractivity contribution in [2.75, 3.05) is 20.4 Å². The zero-order chi connectivity index (χ0) is 13.3. The summed E-state index contributed by atoms with van der Waals surface area (Å²) in [6.45, 7) is 3.66. The van der Waals surface area contributed by atoms with E-state index in [9.17, 15) is 0 Å². The van der Waals surface area contributed by atoms with E-state index >= 15 is 0 Å². The van der Waals surface area contributed by atoms with Crippen LogP contribution in [-0.2, 0) is 6.42 Å². The highest BCUT2D eigenvalue weighted by molar-refractivity contribution is 5.55. The molecule has 1 N–H and O–H groups in total. The molecule has 0 aliphatic carbocycles. The second-order valence-corrected chi connectivity index (χ2v) is 5.37. The SMILES string of the molecule is CCC1(Cc2cc(OC)c3c(c2)OCO3)CCCN1. The first-order valence-corrected chi connectivity index (χ1v) is 6.98. The number of methoxy groups -OCH3 is 1. The second-order valence-electron chi connectivity index (χ2n) is 5.37. The van der Waals surface area contributed by atoms with E-state index in [0.29, 0.717) is 0 Å². The molecule has 0 amide bonds. The van der Waals surface area contributed by atoms with Gasteiger partial charge in [0.25, 0.3) is 0 Å². The molecule has 2 aliphatic rings. The molecule has 104 valence electrons. The van der Waals surface area contributed by atoms with Gasteiger partial charge in [0.05, 0.1) is 7.11 Å². The minimum atomic E-state index is 0.235. The van der Waals surface area contributed by atoms with Crippen molar-refractivity contribution >= 4 is 0 Å². The maximum Gasteiger partial charge on any atom is 0.231 e. The molecule has 2 aliphatic heterocycles. The van der Waals surface area contributed by atoms with E-state index in [4.69, 9.17) is 14.2 Å². The van der Waals surface area contributed by atoms with Crippen molar-refractivity contribution in [3.63, 3.8) is 0 Å². The Hall–Kier alpha value is -1.42. The van der Waals surface area contributed by atoms with Crippen LogP contribution in [0.1, 0.15) is 31.7 Å². The van der Waals surface area contributed by atoms with Gasteiger partial charge in [-0.2, -0.15) is 0 Å². The lowest BCUT2D eigenvalue weighted by Gasteiger charge is -2.28. The number of hydrogen-bond acceptors (Lipinski definition) is 4. The minimum absolute atomic E-state index is 0.235. The van der Waals surface area contributed by atoms with Gasteiger partial charge in [0.15, 0.2) is 11.5 Å². The van der Waals surface area contributed by atoms with Crippen LogP contribution in [-0.4, -0.2) is 26.0 Å². The largest absolute Gasteiger partial charge is 0.493 e. The predicted octanol–water partition coefficient (Wildman–Crippen LogP) is 2.50. The van der Waals surface area contributed by atoms with E-state index < -0.39 is 0 Å². The number of rotatable bonds is 4. The first-order chi connectivity index (χ1) is 9.26. The lowest BCUT2D eigenvalue weighted by atomic mass is 9.86. The topological polar surface area (TPSA) is 39.7 Å². The van der Waals surface area contributed by atoms with Gasteiger partial charge < -0.3 is 19.5 Å². The number of hydrogen-bond donors (Lipinski definition) is 1. The van der Waals surface area contributed by atoms with Crippen molar-refractivity contribution in [3.8, 4) is 17.2 Å². The molecule has 0 saturated carbocycles. The van der Waals surface area contributed by atoms with E-state index in [0.717, 1.165) is 36.6 Å². The minimum Gasteiger partial charge on any atom is -0.493 e. The molecule has 2 heterocycles. The van der Waals surface area contributed by atoms with Gasteiger partial charge in [0.2, 0.25) is 12.5 Å². The van der Waals surface area contributed by atoms with Crippen LogP contribution in [0, 0.1) is 0 Å². The van der Waals surface area contributed by atoms with Crippen LogP contribution in [0.3, 0.4) is 0 Å². The Morgan fingerprint density at radius 2 is 2.26 bits per heavy atom. The summed E-state index contributed by atoms with van der Waals surface area (Å²) in [5.41, 5.74) is 1.48. The number of ether oxygens (including phenoxy) is 3. The normalized spacial score (nSPS) is 24.7. The summed E-state index contributed by atoms with van der Waals surface area (Å²) >= 11 is 0. The van der Waals surface area contributed by atoms with Crippen LogP contribution < -0.4 is 19.5 Å². The Labute approximate surface area is 114 Å². The fourth-order valence-corrected chi connectivity index (χ4v) is 3.12. The van der Waals surface area contributed by atoms with Crippen LogP contribution in [0.4, 0.5) is 0 Å². The van der Waals surface area contributed by atoms with Crippen LogP contribution in [0.15, 0.2) is 12.1 Å². The molecular weight excluding hydrogens is 242 g/mol. The zero-order valence-electron chi connectivity index (χ0n) is 11.6. The highest BCUT2D eigenvalue weighted by atomic mass is 16.7. The molecule has 1 aromatic rings. The quantitative estimate of drug-likeness (QED) is 0.906. The summed E-state index contributed by atoms with van der Waals surface area (Å²) in [6.07, 6.45) is 4.65. The first kappa shape index (κ1) is 12.6. The molecular formula is C15H21NO3. The molecule has 0 radical (unpaired) electrons. The number of fused-ring (bicyclic) bond motifs is 1. The molecule has 1 atom stereocenters. The summed E-state index contributed by atoms with van der Waals surface area (Å²) in [4.78, 5) is 0. The molecule has 1 unspecified atom stereocenters. The second kappa shape index (κ2) is 4.93. The average molecular weight is 263 g/mol. The molecule has 1 saturated heterocycles. The molecule has 0 aromatic heterocycles. The fraction of sp³-hybridized carbons (Fsp3) is 0.600. The monoisotopic (exact) mass is 263 g/mol. The van der Waals surface area contributed by atoms with E-state index in [1.54, 1.807) is 7.11 Å². The molecule has 0 spiro atoms. The van der Waals surface area contributed by atoms with E-state index in [1.165, 1.54) is 18.4 Å². The van der Waals surface area contributed by atoms with Gasteiger partial charge in [0, 0.05) is 5.54 Å². The average Bonchev–Trinajstić information content (AvgIpc) is 3.07. The first-order valence-electron chi connectivity index (χ1n) is 6.98. The van der Waals surface area contributed by atoms with Crippen LogP contribution in [0.5, 0.6) is 17.2 Å². The molecule has 0 bridgehead atoms. The summed E-state index contributed by atoms with van der Waals surface area (Å²) < 4.78 is 16.3. The summed E-state index contributed by atoms with van der Waals surface area (Å²) in [7, 11) is 1.67. The van der Waals surface area contributed by atoms with Crippen LogP contribution >= 0.6 is 0 Å². The summed E-state index contributed by atoms with van der Waals surface area (Å²) in [5.74, 6) is 2.31. The van der Waals surface area contributed by atoms with Crippen LogP contribution in [0.25, 0.3) is 0 Å². The third kappa shape index (κ3) is 2.25. The zero-order valence-corrected chi connectivity index (χ0v) is 11.6. The summed E-state index contributed by atoms with van der Waals surface area (Å²) in [6, 6.07) is 4.16. The smallest absolute Gasteiger partial charge is 0.231 e. The molecule has 3 rings (SSSR count). The molecule has 1 aromatic carbocycles. The Balaban J connectivity index is 1.89.